The third kappa shape index (κ3) is 1.39. The zero-order chi connectivity index (χ0) is 10.6. The van der Waals surface area contributed by atoms with Crippen LogP contribution in [-0.2, 0) is 4.74 Å². The highest BCUT2D eigenvalue weighted by Gasteiger charge is 2.64. The van der Waals surface area contributed by atoms with Crippen molar-refractivity contribution in [1.82, 2.24) is 0 Å². The molecule has 2 aliphatic rings. The summed E-state index contributed by atoms with van der Waals surface area (Å²) in [4.78, 5) is -4.17. The summed E-state index contributed by atoms with van der Waals surface area (Å²) < 4.78 is 56.5. The minimum Gasteiger partial charge on any atom is -0.366 e. The van der Waals surface area contributed by atoms with Gasteiger partial charge in [0.1, 0.15) is 0 Å². The van der Waals surface area contributed by atoms with Gasteiger partial charge in [0.05, 0.1) is 18.1 Å². The Hall–Kier alpha value is -0.100. The van der Waals surface area contributed by atoms with E-state index in [1.165, 1.54) is 6.08 Å². The smallest absolute Gasteiger partial charge is 0.363 e. The van der Waals surface area contributed by atoms with Gasteiger partial charge in [0.25, 0.3) is 0 Å². The fourth-order valence-corrected chi connectivity index (χ4v) is 2.13. The van der Waals surface area contributed by atoms with Gasteiger partial charge in [-0.15, -0.1) is 0 Å². The molecule has 0 aromatic rings. The number of hydrogen-bond donors (Lipinski definition) is 0. The van der Waals surface area contributed by atoms with Crippen molar-refractivity contribution in [3.63, 3.8) is 0 Å². The molecule has 2 bridgehead atoms. The molecule has 3 atom stereocenters. The van der Waals surface area contributed by atoms with Crippen LogP contribution in [0, 0.1) is 5.92 Å². The van der Waals surface area contributed by atoms with Crippen molar-refractivity contribution < 1.29 is 22.3 Å². The predicted octanol–water partition coefficient (Wildman–Crippen LogP) is 2.95. The van der Waals surface area contributed by atoms with Crippen LogP contribution in [0.4, 0.5) is 17.6 Å². The first-order chi connectivity index (χ1) is 6.32. The van der Waals surface area contributed by atoms with E-state index in [-0.39, 0.29) is 6.42 Å². The van der Waals surface area contributed by atoms with Crippen LogP contribution in [-0.4, -0.2) is 23.0 Å². The maximum atomic E-state index is 13.2. The second-order valence-electron chi connectivity index (χ2n) is 3.49. The molecule has 3 unspecified atom stereocenters. The van der Waals surface area contributed by atoms with Crippen LogP contribution >= 0.6 is 15.9 Å². The lowest BCUT2D eigenvalue weighted by Crippen LogP contribution is -2.45. The van der Waals surface area contributed by atoms with E-state index in [2.05, 4.69) is 0 Å². The Balaban J connectivity index is 2.20. The Kier molecular flexibility index (Phi) is 2.19. The second-order valence-corrected chi connectivity index (χ2v) is 4.48. The first-order valence-electron chi connectivity index (χ1n) is 4.10. The summed E-state index contributed by atoms with van der Waals surface area (Å²) in [7, 11) is 0. The maximum absolute atomic E-state index is 13.2. The Labute approximate surface area is 86.2 Å². The van der Waals surface area contributed by atoms with Crippen molar-refractivity contribution in [2.24, 2.45) is 5.92 Å². The van der Waals surface area contributed by atoms with Gasteiger partial charge in [0.2, 0.25) is 0 Å². The van der Waals surface area contributed by atoms with E-state index in [1.54, 1.807) is 22.0 Å². The van der Waals surface area contributed by atoms with Crippen molar-refractivity contribution in [2.45, 2.75) is 29.4 Å². The van der Waals surface area contributed by atoms with Crippen LogP contribution in [0.5, 0.6) is 0 Å². The predicted molar refractivity (Wildman–Crippen MR) is 44.7 cm³/mol. The van der Waals surface area contributed by atoms with Crippen molar-refractivity contribution in [2.75, 3.05) is 0 Å². The second kappa shape index (κ2) is 2.95. The summed E-state index contributed by atoms with van der Waals surface area (Å²) in [5.41, 5.74) is 0. The standard InChI is InChI=1S/C8H7BrF4O/c9-8(12,13)7(10,11)5-3-4-1-2-6(5)14-4/h1-2,4-6H,3H2. The van der Waals surface area contributed by atoms with Crippen molar-refractivity contribution >= 4 is 15.9 Å². The van der Waals surface area contributed by atoms with Gasteiger partial charge in [-0.25, -0.2) is 0 Å². The van der Waals surface area contributed by atoms with Crippen LogP contribution in [0.15, 0.2) is 12.2 Å². The van der Waals surface area contributed by atoms with Gasteiger partial charge < -0.3 is 4.74 Å². The molecule has 2 aliphatic heterocycles. The highest BCUT2D eigenvalue weighted by atomic mass is 79.9. The van der Waals surface area contributed by atoms with Crippen LogP contribution in [0.2, 0.25) is 0 Å². The topological polar surface area (TPSA) is 9.23 Å². The van der Waals surface area contributed by atoms with Crippen molar-refractivity contribution in [3.8, 4) is 0 Å². The fourth-order valence-electron chi connectivity index (χ4n) is 1.84. The number of fused-ring (bicyclic) bond motifs is 2. The molecule has 0 N–H and O–H groups in total. The summed E-state index contributed by atoms with van der Waals surface area (Å²) >= 11 is 1.72. The zero-order valence-corrected chi connectivity index (χ0v) is 8.48. The molecule has 1 fully saturated rings. The summed E-state index contributed by atoms with van der Waals surface area (Å²) in [5.74, 6) is -5.51. The van der Waals surface area contributed by atoms with E-state index in [0.717, 1.165) is 0 Å². The molecule has 2 rings (SSSR count). The lowest BCUT2D eigenvalue weighted by molar-refractivity contribution is -0.187. The molecule has 0 aliphatic carbocycles. The number of alkyl halides is 5. The minimum absolute atomic E-state index is 0.0463. The van der Waals surface area contributed by atoms with Gasteiger partial charge in [0, 0.05) is 0 Å². The lowest BCUT2D eigenvalue weighted by atomic mass is 9.88. The van der Waals surface area contributed by atoms with Gasteiger partial charge in [-0.05, 0) is 22.4 Å². The van der Waals surface area contributed by atoms with Gasteiger partial charge in [-0.1, -0.05) is 12.2 Å². The summed E-state index contributed by atoms with van der Waals surface area (Å²) in [6.07, 6.45) is 1.70. The third-order valence-corrected chi connectivity index (χ3v) is 3.10. The molecular weight excluding hydrogens is 268 g/mol. The Morgan fingerprint density at radius 1 is 1.21 bits per heavy atom. The van der Waals surface area contributed by atoms with Gasteiger partial charge in [0.15, 0.2) is 0 Å². The Morgan fingerprint density at radius 2 is 1.86 bits per heavy atom. The third-order valence-electron chi connectivity index (χ3n) is 2.57. The van der Waals surface area contributed by atoms with Crippen molar-refractivity contribution in [3.05, 3.63) is 12.2 Å². The van der Waals surface area contributed by atoms with Crippen LogP contribution in [0.3, 0.4) is 0 Å². The van der Waals surface area contributed by atoms with E-state index >= 15 is 0 Å². The molecule has 14 heavy (non-hydrogen) atoms. The molecule has 6 heteroatoms. The van der Waals surface area contributed by atoms with E-state index in [0.29, 0.717) is 0 Å². The Bertz CT molecular complexity index is 273. The van der Waals surface area contributed by atoms with E-state index in [4.69, 9.17) is 4.74 Å². The van der Waals surface area contributed by atoms with Gasteiger partial charge >= 0.3 is 10.8 Å². The molecule has 2 heterocycles. The SMILES string of the molecule is FC(F)(Br)C(F)(F)C1CC2C=CC1O2. The summed E-state index contributed by atoms with van der Waals surface area (Å²) in [6.45, 7) is 0. The summed E-state index contributed by atoms with van der Waals surface area (Å²) in [6, 6.07) is 0. The van der Waals surface area contributed by atoms with E-state index in [9.17, 15) is 17.6 Å². The summed E-state index contributed by atoms with van der Waals surface area (Å²) in [5, 5.41) is 0. The Morgan fingerprint density at radius 3 is 2.21 bits per heavy atom. The maximum Gasteiger partial charge on any atom is 0.363 e. The molecule has 0 saturated carbocycles. The molecule has 0 spiro atoms. The van der Waals surface area contributed by atoms with Crippen LogP contribution in [0.1, 0.15) is 6.42 Å². The van der Waals surface area contributed by atoms with Crippen LogP contribution < -0.4 is 0 Å². The fraction of sp³-hybridized carbons (Fsp3) is 0.750. The van der Waals surface area contributed by atoms with Gasteiger partial charge in [-0.2, -0.15) is 17.6 Å². The number of ether oxygens (including phenoxy) is 1. The molecular formula is C8H7BrF4O. The normalized spacial score (nSPS) is 36.8. The molecule has 0 aromatic heterocycles. The minimum atomic E-state index is -4.17. The highest BCUT2D eigenvalue weighted by molar-refractivity contribution is 9.10. The number of halogens is 5. The average molecular weight is 275 g/mol. The lowest BCUT2D eigenvalue weighted by Gasteiger charge is -2.29. The van der Waals surface area contributed by atoms with Crippen LogP contribution in [0.25, 0.3) is 0 Å². The molecule has 0 aromatic carbocycles. The molecule has 0 radical (unpaired) electrons. The molecule has 80 valence electrons. The van der Waals surface area contributed by atoms with Gasteiger partial charge in [-0.3, -0.25) is 0 Å². The average Bonchev–Trinajstić information content (AvgIpc) is 2.61. The highest BCUT2D eigenvalue weighted by Crippen LogP contribution is 2.51. The van der Waals surface area contributed by atoms with Crippen molar-refractivity contribution in [1.29, 1.82) is 0 Å². The largest absolute Gasteiger partial charge is 0.366 e. The first kappa shape index (κ1) is 10.4. The number of hydrogen-bond acceptors (Lipinski definition) is 1. The number of rotatable bonds is 2. The first-order valence-corrected chi connectivity index (χ1v) is 4.90. The van der Waals surface area contributed by atoms with E-state index < -0.39 is 28.9 Å². The zero-order valence-electron chi connectivity index (χ0n) is 6.89. The van der Waals surface area contributed by atoms with E-state index in [1.807, 2.05) is 0 Å². The quantitative estimate of drug-likeness (QED) is 0.427. The monoisotopic (exact) mass is 274 g/mol. The molecule has 1 saturated heterocycles. The molecule has 1 nitrogen and oxygen atoms in total. The molecule has 0 amide bonds.